The maximum atomic E-state index is 14.1. The molecule has 4 aliphatic carbocycles. The van der Waals surface area contributed by atoms with E-state index in [2.05, 4.69) is 10.00 Å². The molecular formula is C23H30FN3. The largest absolute Gasteiger partial charge is 0.284 e. The first-order valence-electron chi connectivity index (χ1n) is 10.6. The number of benzene rings is 1. The summed E-state index contributed by atoms with van der Waals surface area (Å²) < 4.78 is 16.1. The Morgan fingerprint density at radius 2 is 1.74 bits per heavy atom. The van der Waals surface area contributed by atoms with E-state index in [-0.39, 0.29) is 5.82 Å². The van der Waals surface area contributed by atoms with Crippen LogP contribution in [0.5, 0.6) is 0 Å². The van der Waals surface area contributed by atoms with Gasteiger partial charge in [-0.25, -0.2) is 4.39 Å². The molecule has 4 fully saturated rings. The van der Waals surface area contributed by atoms with E-state index in [1.165, 1.54) is 38.5 Å². The van der Waals surface area contributed by atoms with Gasteiger partial charge in [0.25, 0.3) is 0 Å². The summed E-state index contributed by atoms with van der Waals surface area (Å²) in [6.07, 6.45) is 13.3. The van der Waals surface area contributed by atoms with Crippen LogP contribution in [0.1, 0.15) is 44.1 Å². The number of hydrogen-bond donors (Lipinski definition) is 0. The first-order valence-corrected chi connectivity index (χ1v) is 10.6. The molecule has 0 amide bonds. The van der Waals surface area contributed by atoms with Crippen molar-refractivity contribution in [2.24, 2.45) is 23.2 Å². The lowest BCUT2D eigenvalue weighted by Gasteiger charge is -2.58. The molecule has 1 aromatic carbocycles. The lowest BCUT2D eigenvalue weighted by atomic mass is 9.49. The highest BCUT2D eigenvalue weighted by Crippen LogP contribution is 2.60. The van der Waals surface area contributed by atoms with Crippen LogP contribution in [-0.2, 0) is 13.1 Å². The molecule has 0 aliphatic heterocycles. The molecule has 0 saturated heterocycles. The summed E-state index contributed by atoms with van der Waals surface area (Å²) in [4.78, 5) is 2.53. The standard InChI is InChI=1S/C23H30FN3/c24-22-5-2-1-4-21(22)6-9-26(17-27-8-3-7-25-27)16-23-13-18-10-19(14-23)12-20(11-18)15-23/h1-5,7-8,18-20H,6,9-17H2. The van der Waals surface area contributed by atoms with E-state index in [0.717, 1.165) is 49.5 Å². The van der Waals surface area contributed by atoms with Gasteiger partial charge in [0.15, 0.2) is 0 Å². The first kappa shape index (κ1) is 17.4. The second-order valence-corrected chi connectivity index (χ2v) is 9.50. The molecule has 144 valence electrons. The molecule has 4 heteroatoms. The SMILES string of the molecule is Fc1ccccc1CCN(Cn1cccn1)CC12CC3CC(CC(C3)C1)C2. The molecular weight excluding hydrogens is 337 g/mol. The Balaban J connectivity index is 1.32. The van der Waals surface area contributed by atoms with Gasteiger partial charge in [0.1, 0.15) is 5.82 Å². The maximum absolute atomic E-state index is 14.1. The number of nitrogens with zero attached hydrogens (tertiary/aromatic N) is 3. The Hall–Kier alpha value is -1.68. The molecule has 0 N–H and O–H groups in total. The molecule has 0 radical (unpaired) electrons. The van der Waals surface area contributed by atoms with Crippen LogP contribution in [0.25, 0.3) is 0 Å². The van der Waals surface area contributed by atoms with Crippen molar-refractivity contribution in [3.63, 3.8) is 0 Å². The minimum absolute atomic E-state index is 0.0775. The van der Waals surface area contributed by atoms with Gasteiger partial charge in [-0.3, -0.25) is 9.58 Å². The molecule has 6 rings (SSSR count). The molecule has 4 bridgehead atoms. The zero-order chi connectivity index (χ0) is 18.3. The average molecular weight is 368 g/mol. The molecule has 4 saturated carbocycles. The maximum Gasteiger partial charge on any atom is 0.126 e. The Morgan fingerprint density at radius 1 is 1.04 bits per heavy atom. The van der Waals surface area contributed by atoms with E-state index in [1.807, 2.05) is 35.3 Å². The van der Waals surface area contributed by atoms with Crippen LogP contribution < -0.4 is 0 Å². The molecule has 27 heavy (non-hydrogen) atoms. The van der Waals surface area contributed by atoms with Crippen molar-refractivity contribution < 1.29 is 4.39 Å². The van der Waals surface area contributed by atoms with E-state index in [4.69, 9.17) is 0 Å². The second kappa shape index (κ2) is 7.05. The molecule has 3 nitrogen and oxygen atoms in total. The fourth-order valence-electron chi connectivity index (χ4n) is 6.73. The Labute approximate surface area is 161 Å². The van der Waals surface area contributed by atoms with Gasteiger partial charge in [-0.1, -0.05) is 18.2 Å². The van der Waals surface area contributed by atoms with Gasteiger partial charge in [-0.15, -0.1) is 0 Å². The highest BCUT2D eigenvalue weighted by atomic mass is 19.1. The third kappa shape index (κ3) is 3.69. The van der Waals surface area contributed by atoms with Crippen molar-refractivity contribution in [3.8, 4) is 0 Å². The molecule has 1 aromatic heterocycles. The number of aromatic nitrogens is 2. The van der Waals surface area contributed by atoms with Gasteiger partial charge < -0.3 is 0 Å². The summed E-state index contributed by atoms with van der Waals surface area (Å²) in [6.45, 7) is 2.84. The van der Waals surface area contributed by atoms with Gasteiger partial charge >= 0.3 is 0 Å². The van der Waals surface area contributed by atoms with E-state index >= 15 is 0 Å². The quantitative estimate of drug-likeness (QED) is 0.705. The van der Waals surface area contributed by atoms with Crippen LogP contribution in [0.4, 0.5) is 4.39 Å². The second-order valence-electron chi connectivity index (χ2n) is 9.50. The average Bonchev–Trinajstić information content (AvgIpc) is 3.12. The van der Waals surface area contributed by atoms with Gasteiger partial charge in [0.2, 0.25) is 0 Å². The van der Waals surface area contributed by atoms with Crippen molar-refractivity contribution in [1.82, 2.24) is 14.7 Å². The predicted molar refractivity (Wildman–Crippen MR) is 105 cm³/mol. The third-order valence-corrected chi connectivity index (χ3v) is 7.28. The Bertz CT molecular complexity index is 734. The predicted octanol–water partition coefficient (Wildman–Crippen LogP) is 4.74. The normalized spacial score (nSPS) is 31.7. The van der Waals surface area contributed by atoms with E-state index in [9.17, 15) is 4.39 Å². The Morgan fingerprint density at radius 3 is 2.37 bits per heavy atom. The minimum Gasteiger partial charge on any atom is -0.284 e. The lowest BCUT2D eigenvalue weighted by Crippen LogP contribution is -2.51. The highest BCUT2D eigenvalue weighted by molar-refractivity contribution is 5.17. The number of hydrogen-bond acceptors (Lipinski definition) is 2. The van der Waals surface area contributed by atoms with Crippen LogP contribution in [0.15, 0.2) is 42.7 Å². The van der Waals surface area contributed by atoms with Gasteiger partial charge in [-0.05, 0) is 85.8 Å². The summed E-state index contributed by atoms with van der Waals surface area (Å²) in [5.74, 6) is 2.82. The van der Waals surface area contributed by atoms with Crippen LogP contribution >= 0.6 is 0 Å². The topological polar surface area (TPSA) is 21.1 Å². The van der Waals surface area contributed by atoms with Crippen molar-refractivity contribution >= 4 is 0 Å². The van der Waals surface area contributed by atoms with E-state index in [1.54, 1.807) is 12.1 Å². The smallest absolute Gasteiger partial charge is 0.126 e. The monoisotopic (exact) mass is 367 g/mol. The van der Waals surface area contributed by atoms with Crippen molar-refractivity contribution in [2.75, 3.05) is 13.1 Å². The van der Waals surface area contributed by atoms with Crippen molar-refractivity contribution in [3.05, 3.63) is 54.1 Å². The van der Waals surface area contributed by atoms with E-state index in [0.29, 0.717) is 5.41 Å². The molecule has 1 heterocycles. The van der Waals surface area contributed by atoms with Crippen LogP contribution in [-0.4, -0.2) is 27.8 Å². The van der Waals surface area contributed by atoms with Crippen molar-refractivity contribution in [2.45, 2.75) is 51.6 Å². The van der Waals surface area contributed by atoms with Gasteiger partial charge in [0.05, 0.1) is 6.67 Å². The molecule has 0 spiro atoms. The van der Waals surface area contributed by atoms with Crippen LogP contribution in [0.3, 0.4) is 0 Å². The number of halogens is 1. The highest BCUT2D eigenvalue weighted by Gasteiger charge is 2.51. The third-order valence-electron chi connectivity index (χ3n) is 7.28. The molecule has 0 unspecified atom stereocenters. The van der Waals surface area contributed by atoms with Gasteiger partial charge in [-0.2, -0.15) is 5.10 Å². The van der Waals surface area contributed by atoms with Crippen molar-refractivity contribution in [1.29, 1.82) is 0 Å². The zero-order valence-corrected chi connectivity index (χ0v) is 16.1. The number of rotatable bonds is 7. The summed E-state index contributed by atoms with van der Waals surface area (Å²) in [5, 5.41) is 4.42. The minimum atomic E-state index is -0.0775. The van der Waals surface area contributed by atoms with Crippen LogP contribution in [0.2, 0.25) is 0 Å². The fourth-order valence-corrected chi connectivity index (χ4v) is 6.73. The molecule has 4 aliphatic rings. The summed E-state index contributed by atoms with van der Waals surface area (Å²) in [6, 6.07) is 9.20. The molecule has 2 aromatic rings. The fraction of sp³-hybridized carbons (Fsp3) is 0.609. The van der Waals surface area contributed by atoms with Crippen LogP contribution in [0, 0.1) is 29.0 Å². The lowest BCUT2D eigenvalue weighted by molar-refractivity contribution is -0.0731. The summed E-state index contributed by atoms with van der Waals surface area (Å²) in [7, 11) is 0. The summed E-state index contributed by atoms with van der Waals surface area (Å²) in [5.41, 5.74) is 1.32. The Kier molecular flexibility index (Phi) is 4.55. The van der Waals surface area contributed by atoms with E-state index < -0.39 is 0 Å². The summed E-state index contributed by atoms with van der Waals surface area (Å²) >= 11 is 0. The zero-order valence-electron chi connectivity index (χ0n) is 16.1. The van der Waals surface area contributed by atoms with Gasteiger partial charge in [0, 0.05) is 25.5 Å². The molecule has 0 atom stereocenters. The first-order chi connectivity index (χ1) is 13.2.